The minimum atomic E-state index is 0.0568. The van der Waals surface area contributed by atoms with Crippen molar-refractivity contribution in [1.82, 2.24) is 0 Å². The van der Waals surface area contributed by atoms with Crippen LogP contribution in [0.3, 0.4) is 0 Å². The summed E-state index contributed by atoms with van der Waals surface area (Å²) in [6.07, 6.45) is 2.34. The molecule has 2 aliphatic rings. The maximum atomic E-state index is 7.13. The van der Waals surface area contributed by atoms with E-state index in [1.54, 1.807) is 0 Å². The molecule has 1 aliphatic carbocycles. The van der Waals surface area contributed by atoms with Crippen LogP contribution in [0.15, 0.2) is 132 Å². The summed E-state index contributed by atoms with van der Waals surface area (Å²) in [6.45, 7) is 18.9. The number of rotatable bonds is 4. The molecular weight excluding hydrogens is 804 g/mol. The van der Waals surface area contributed by atoms with Crippen LogP contribution >= 0.6 is 22.7 Å². The predicted molar refractivity (Wildman–Crippen MR) is 276 cm³/mol. The number of benzene rings is 7. The molecule has 3 aromatic heterocycles. The molecule has 3 nitrogen and oxygen atoms in total. The number of nitrogens with zero attached hydrogens (tertiary/aromatic N) is 1. The number of thiophene rings is 2. The number of nitrogens with one attached hydrogen (secondary N) is 1. The molecule has 6 heteroatoms. The van der Waals surface area contributed by atoms with Gasteiger partial charge >= 0.3 is 0 Å². The summed E-state index contributed by atoms with van der Waals surface area (Å²) in [6, 6.07) is 47.7. The third-order valence-electron chi connectivity index (χ3n) is 14.3. The maximum absolute atomic E-state index is 7.13. The van der Waals surface area contributed by atoms with Crippen molar-refractivity contribution in [2.45, 2.75) is 84.5 Å². The Hall–Kier alpha value is -5.82. The van der Waals surface area contributed by atoms with Crippen molar-refractivity contribution < 1.29 is 4.42 Å². The molecular formula is C57H50BN2OS2. The van der Waals surface area contributed by atoms with Crippen molar-refractivity contribution in [3.63, 3.8) is 0 Å². The maximum Gasteiger partial charge on any atom is 0.200 e. The summed E-state index contributed by atoms with van der Waals surface area (Å²) >= 11 is 3.75. The van der Waals surface area contributed by atoms with Gasteiger partial charge in [0.2, 0.25) is 0 Å². The van der Waals surface area contributed by atoms with E-state index >= 15 is 0 Å². The summed E-state index contributed by atoms with van der Waals surface area (Å²) in [4.78, 5) is 2.62. The molecule has 1 radical (unpaired) electrons. The Kier molecular flexibility index (Phi) is 8.38. The van der Waals surface area contributed by atoms with Crippen molar-refractivity contribution in [3.05, 3.63) is 150 Å². The Labute approximate surface area is 378 Å². The standard InChI is InChI=1S/C57H50BN2OS2/c1-32-27-41-42(57(7,8)26-25-56(41,5)6)30-44(32)60-45-29-39-35-15-9-12-18-46(35)61-53(39)50(52(45)58-51-37-17-11-14-20-48(37)63-54(51)60)40-28-38-36-16-10-13-19-47(36)62-49(38)31-43(40)59-34-23-21-33(22-24-34)55(2,3)4/h9-24,27-31,59H,25-26H2,1-8H3. The van der Waals surface area contributed by atoms with E-state index in [2.05, 4.69) is 200 Å². The van der Waals surface area contributed by atoms with Crippen molar-refractivity contribution in [1.29, 1.82) is 0 Å². The number of para-hydroxylation sites is 1. The van der Waals surface area contributed by atoms with Crippen LogP contribution in [0.4, 0.5) is 27.8 Å². The van der Waals surface area contributed by atoms with Crippen LogP contribution in [0, 0.1) is 6.92 Å². The first-order valence-corrected chi connectivity index (χ1v) is 24.0. The molecule has 10 aromatic rings. The van der Waals surface area contributed by atoms with Gasteiger partial charge < -0.3 is 14.6 Å². The second-order valence-electron chi connectivity index (χ2n) is 20.4. The van der Waals surface area contributed by atoms with Gasteiger partial charge in [-0.1, -0.05) is 121 Å². The Morgan fingerprint density at radius 3 is 2.00 bits per heavy atom. The number of aryl methyl sites for hydroxylation is 1. The summed E-state index contributed by atoms with van der Waals surface area (Å²) in [5.41, 5.74) is 16.8. The van der Waals surface area contributed by atoms with E-state index in [9.17, 15) is 0 Å². The molecule has 12 rings (SSSR count). The monoisotopic (exact) mass is 853 g/mol. The van der Waals surface area contributed by atoms with Gasteiger partial charge in [-0.2, -0.15) is 0 Å². The van der Waals surface area contributed by atoms with Crippen molar-refractivity contribution in [2.75, 3.05) is 10.2 Å². The van der Waals surface area contributed by atoms with Crippen molar-refractivity contribution in [2.24, 2.45) is 0 Å². The number of furan rings is 1. The average molecular weight is 854 g/mol. The zero-order chi connectivity index (χ0) is 43.2. The highest BCUT2D eigenvalue weighted by atomic mass is 32.1. The predicted octanol–water partition coefficient (Wildman–Crippen LogP) is 16.0. The lowest BCUT2D eigenvalue weighted by atomic mass is 9.58. The molecule has 0 saturated heterocycles. The van der Waals surface area contributed by atoms with Gasteiger partial charge in [-0.15, -0.1) is 22.7 Å². The zero-order valence-corrected chi connectivity index (χ0v) is 38.9. The topological polar surface area (TPSA) is 28.4 Å². The van der Waals surface area contributed by atoms with Crippen LogP contribution in [0.25, 0.3) is 63.3 Å². The normalized spacial score (nSPS) is 15.5. The molecule has 1 N–H and O–H groups in total. The molecule has 0 fully saturated rings. The van der Waals surface area contributed by atoms with Crippen LogP contribution in [-0.4, -0.2) is 7.28 Å². The fraction of sp³-hybridized carbons (Fsp3) is 0.228. The third kappa shape index (κ3) is 5.97. The van der Waals surface area contributed by atoms with Crippen LogP contribution in [0.2, 0.25) is 0 Å². The molecule has 63 heavy (non-hydrogen) atoms. The highest BCUT2D eigenvalue weighted by Crippen LogP contribution is 2.53. The minimum absolute atomic E-state index is 0.0568. The highest BCUT2D eigenvalue weighted by molar-refractivity contribution is 7.26. The van der Waals surface area contributed by atoms with Gasteiger partial charge in [0, 0.05) is 63.8 Å². The van der Waals surface area contributed by atoms with Crippen molar-refractivity contribution in [3.8, 4) is 11.1 Å². The number of hydrogen-bond donors (Lipinski definition) is 1. The highest BCUT2D eigenvalue weighted by Gasteiger charge is 2.40. The molecule has 0 saturated carbocycles. The van der Waals surface area contributed by atoms with Gasteiger partial charge in [-0.3, -0.25) is 0 Å². The summed E-state index contributed by atoms with van der Waals surface area (Å²) in [5, 5.41) is 11.3. The van der Waals surface area contributed by atoms with Gasteiger partial charge in [-0.25, -0.2) is 0 Å². The van der Waals surface area contributed by atoms with Crippen LogP contribution in [-0.2, 0) is 16.2 Å². The van der Waals surface area contributed by atoms with E-state index < -0.39 is 0 Å². The first-order chi connectivity index (χ1) is 30.2. The number of fused-ring (bicyclic) bond motifs is 11. The summed E-state index contributed by atoms with van der Waals surface area (Å²) in [5.74, 6) is 0. The van der Waals surface area contributed by atoms with E-state index in [1.807, 2.05) is 22.7 Å². The molecule has 309 valence electrons. The fourth-order valence-electron chi connectivity index (χ4n) is 10.6. The number of anilines is 5. The van der Waals surface area contributed by atoms with Gasteiger partial charge in [0.05, 0.1) is 10.7 Å². The average Bonchev–Trinajstić information content (AvgIpc) is 3.94. The van der Waals surface area contributed by atoms with E-state index in [-0.39, 0.29) is 16.2 Å². The van der Waals surface area contributed by atoms with Crippen LogP contribution < -0.4 is 21.1 Å². The molecule has 0 atom stereocenters. The summed E-state index contributed by atoms with van der Waals surface area (Å²) < 4.78 is 11.0. The van der Waals surface area contributed by atoms with Crippen molar-refractivity contribution >= 4 is 121 Å². The van der Waals surface area contributed by atoms with Gasteiger partial charge in [0.25, 0.3) is 0 Å². The second-order valence-corrected chi connectivity index (χ2v) is 22.5. The third-order valence-corrected chi connectivity index (χ3v) is 16.6. The summed E-state index contributed by atoms with van der Waals surface area (Å²) in [7, 11) is 2.47. The minimum Gasteiger partial charge on any atom is -0.455 e. The van der Waals surface area contributed by atoms with Gasteiger partial charge in [-0.05, 0) is 129 Å². The van der Waals surface area contributed by atoms with E-state index in [0.29, 0.717) is 0 Å². The largest absolute Gasteiger partial charge is 0.455 e. The smallest absolute Gasteiger partial charge is 0.200 e. The lowest BCUT2D eigenvalue weighted by molar-refractivity contribution is 0.332. The Morgan fingerprint density at radius 1 is 0.619 bits per heavy atom. The molecule has 0 unspecified atom stereocenters. The SMILES string of the molecule is Cc1cc2c(cc1N1c3cc4c(oc5ccccc54)c(-c4cc5c(cc4Nc4ccc(C(C)(C)C)cc4)sc4ccccc45)c3[B]c3c1sc1ccccc31)C(C)(C)CCC2(C)C. The molecule has 7 aromatic carbocycles. The molecule has 4 heterocycles. The Balaban J connectivity index is 1.20. The lowest BCUT2D eigenvalue weighted by Crippen LogP contribution is -2.40. The van der Waals surface area contributed by atoms with Crippen LogP contribution in [0.1, 0.15) is 83.6 Å². The van der Waals surface area contributed by atoms with Crippen LogP contribution in [0.5, 0.6) is 0 Å². The molecule has 0 spiro atoms. The van der Waals surface area contributed by atoms with E-state index in [0.717, 1.165) is 50.9 Å². The number of hydrogen-bond acceptors (Lipinski definition) is 5. The first kappa shape index (κ1) is 38.8. The first-order valence-electron chi connectivity index (χ1n) is 22.4. The molecule has 1 aliphatic heterocycles. The molecule has 0 amide bonds. The second kappa shape index (κ2) is 13.6. The quantitative estimate of drug-likeness (QED) is 0.179. The van der Waals surface area contributed by atoms with E-state index in [1.165, 1.54) is 86.2 Å². The van der Waals surface area contributed by atoms with E-state index in [4.69, 9.17) is 4.42 Å². The fourth-order valence-corrected chi connectivity index (χ4v) is 12.9. The van der Waals surface area contributed by atoms with Gasteiger partial charge in [0.15, 0.2) is 7.28 Å². The zero-order valence-electron chi connectivity index (χ0n) is 37.3. The Morgan fingerprint density at radius 2 is 1.27 bits per heavy atom. The Bertz CT molecular complexity index is 3520. The molecule has 0 bridgehead atoms. The van der Waals surface area contributed by atoms with Gasteiger partial charge in [0.1, 0.15) is 11.2 Å². The lowest BCUT2D eigenvalue weighted by Gasteiger charge is -2.43.